The molecule has 1 aromatic rings. The summed E-state index contributed by atoms with van der Waals surface area (Å²) in [6.07, 6.45) is 5.19. The first-order chi connectivity index (χ1) is 10.8. The van der Waals surface area contributed by atoms with Crippen molar-refractivity contribution in [2.24, 2.45) is 0 Å². The molecule has 0 saturated heterocycles. The molecule has 4 nitrogen and oxygen atoms in total. The molecule has 6 heteroatoms. The Hall–Kier alpha value is -0.880. The van der Waals surface area contributed by atoms with Crippen molar-refractivity contribution in [3.05, 3.63) is 23.3 Å². The van der Waals surface area contributed by atoms with Gasteiger partial charge in [-0.3, -0.25) is 9.59 Å². The van der Waals surface area contributed by atoms with Crippen LogP contribution in [0.4, 0.5) is 0 Å². The second-order valence-corrected chi connectivity index (χ2v) is 6.24. The largest absolute Gasteiger partial charge is 0.493 e. The van der Waals surface area contributed by atoms with E-state index in [1.165, 1.54) is 0 Å². The van der Waals surface area contributed by atoms with Gasteiger partial charge in [-0.25, -0.2) is 0 Å². The summed E-state index contributed by atoms with van der Waals surface area (Å²) >= 11 is 6.71. The molecule has 1 rings (SSSR count). The van der Waals surface area contributed by atoms with Crippen LogP contribution in [0, 0.1) is 0 Å². The zero-order valence-electron chi connectivity index (χ0n) is 12.4. The van der Waals surface area contributed by atoms with E-state index in [1.807, 2.05) is 0 Å². The fraction of sp³-hybridized carbons (Fsp3) is 0.500. The van der Waals surface area contributed by atoms with Crippen molar-refractivity contribution in [3.8, 4) is 11.5 Å². The van der Waals surface area contributed by atoms with Crippen LogP contribution >= 0.6 is 31.9 Å². The monoisotopic (exact) mass is 434 g/mol. The summed E-state index contributed by atoms with van der Waals surface area (Å²) in [5, 5.41) is 1.83. The van der Waals surface area contributed by atoms with Gasteiger partial charge in [0.25, 0.3) is 0 Å². The highest BCUT2D eigenvalue weighted by Crippen LogP contribution is 2.27. The first kappa shape index (κ1) is 19.2. The van der Waals surface area contributed by atoms with E-state index in [2.05, 4.69) is 31.9 Å². The van der Waals surface area contributed by atoms with Crippen molar-refractivity contribution in [3.63, 3.8) is 0 Å². The molecule has 0 amide bonds. The molecule has 0 aliphatic carbocycles. The maximum absolute atomic E-state index is 11.2. The molecule has 0 aliphatic heterocycles. The molecule has 0 aromatic heterocycles. The average molecular weight is 436 g/mol. The second kappa shape index (κ2) is 11.7. The number of unbranched alkanes of at least 4 members (excludes halogenated alkanes) is 2. The highest BCUT2D eigenvalue weighted by atomic mass is 79.9. The molecule has 0 saturated carbocycles. The Bertz CT molecular complexity index is 434. The number of hydrogen-bond acceptors (Lipinski definition) is 4. The minimum Gasteiger partial charge on any atom is -0.493 e. The SMILES string of the molecule is O=Cc1cc(OCCCCBr)c(C=O)cc1OCCCCBr. The van der Waals surface area contributed by atoms with Crippen LogP contribution in [-0.2, 0) is 0 Å². The van der Waals surface area contributed by atoms with Gasteiger partial charge in [0.2, 0.25) is 0 Å². The molecule has 0 spiro atoms. The third-order valence-corrected chi connectivity index (χ3v) is 4.09. The maximum atomic E-state index is 11.2. The molecule has 0 bridgehead atoms. The summed E-state index contributed by atoms with van der Waals surface area (Å²) in [4.78, 5) is 22.4. The molecule has 0 heterocycles. The summed E-state index contributed by atoms with van der Waals surface area (Å²) in [6, 6.07) is 3.15. The normalized spacial score (nSPS) is 10.3. The van der Waals surface area contributed by atoms with Crippen LogP contribution in [0.1, 0.15) is 46.4 Å². The quantitative estimate of drug-likeness (QED) is 0.277. The summed E-state index contributed by atoms with van der Waals surface area (Å²) in [6.45, 7) is 1.02. The van der Waals surface area contributed by atoms with Crippen LogP contribution in [0.25, 0.3) is 0 Å². The van der Waals surface area contributed by atoms with Crippen molar-refractivity contribution in [1.29, 1.82) is 0 Å². The van der Waals surface area contributed by atoms with E-state index >= 15 is 0 Å². The number of alkyl halides is 2. The molecule has 22 heavy (non-hydrogen) atoms. The maximum Gasteiger partial charge on any atom is 0.153 e. The Morgan fingerprint density at radius 2 is 1.18 bits per heavy atom. The zero-order chi connectivity index (χ0) is 16.2. The molecular formula is C16H20Br2O4. The molecule has 0 atom stereocenters. The molecule has 1 aromatic carbocycles. The van der Waals surface area contributed by atoms with E-state index in [-0.39, 0.29) is 0 Å². The number of hydrogen-bond donors (Lipinski definition) is 0. The lowest BCUT2D eigenvalue weighted by atomic mass is 10.1. The van der Waals surface area contributed by atoms with Gasteiger partial charge in [-0.05, 0) is 37.8 Å². The predicted octanol–water partition coefficient (Wildman–Crippen LogP) is 4.42. The van der Waals surface area contributed by atoms with Crippen molar-refractivity contribution < 1.29 is 19.1 Å². The van der Waals surface area contributed by atoms with Crippen LogP contribution in [-0.4, -0.2) is 36.4 Å². The Labute approximate surface area is 147 Å². The fourth-order valence-corrected chi connectivity index (χ4v) is 2.58. The standard InChI is InChI=1S/C16H20Br2O4/c17-5-1-3-7-21-15-9-14(12-20)16(10-13(15)11-19)22-8-4-2-6-18/h9-12H,1-8H2. The van der Waals surface area contributed by atoms with E-state index in [4.69, 9.17) is 9.47 Å². The number of rotatable bonds is 12. The first-order valence-corrected chi connectivity index (χ1v) is 9.47. The minimum atomic E-state index is 0.403. The summed E-state index contributed by atoms with van der Waals surface area (Å²) in [5.74, 6) is 0.860. The van der Waals surface area contributed by atoms with E-state index in [0.717, 1.165) is 48.9 Å². The molecular weight excluding hydrogens is 416 g/mol. The highest BCUT2D eigenvalue weighted by molar-refractivity contribution is 9.09. The summed E-state index contributed by atoms with van der Waals surface area (Å²) in [7, 11) is 0. The second-order valence-electron chi connectivity index (χ2n) is 4.65. The van der Waals surface area contributed by atoms with Gasteiger partial charge in [0, 0.05) is 10.7 Å². The lowest BCUT2D eigenvalue weighted by Gasteiger charge is -2.13. The summed E-state index contributed by atoms with van der Waals surface area (Å²) < 4.78 is 11.2. The van der Waals surface area contributed by atoms with Gasteiger partial charge in [-0.1, -0.05) is 31.9 Å². The number of benzene rings is 1. The molecule has 0 fully saturated rings. The van der Waals surface area contributed by atoms with Gasteiger partial charge in [0.05, 0.1) is 24.3 Å². The van der Waals surface area contributed by atoms with Gasteiger partial charge >= 0.3 is 0 Å². The van der Waals surface area contributed by atoms with Crippen LogP contribution in [0.15, 0.2) is 12.1 Å². The number of carbonyl (C=O) groups is 2. The topological polar surface area (TPSA) is 52.6 Å². The van der Waals surface area contributed by atoms with Crippen LogP contribution in [0.2, 0.25) is 0 Å². The Kier molecular flexibility index (Phi) is 10.2. The number of carbonyl (C=O) groups excluding carboxylic acids is 2. The highest BCUT2D eigenvalue weighted by Gasteiger charge is 2.11. The van der Waals surface area contributed by atoms with Gasteiger partial charge < -0.3 is 9.47 Å². The third-order valence-electron chi connectivity index (χ3n) is 2.97. The molecule has 0 aliphatic rings. The molecule has 122 valence electrons. The third kappa shape index (κ3) is 6.48. The fourth-order valence-electron chi connectivity index (χ4n) is 1.78. The number of aldehydes is 2. The smallest absolute Gasteiger partial charge is 0.153 e. The lowest BCUT2D eigenvalue weighted by Crippen LogP contribution is -2.05. The van der Waals surface area contributed by atoms with E-state index < -0.39 is 0 Å². The predicted molar refractivity (Wildman–Crippen MR) is 94.3 cm³/mol. The van der Waals surface area contributed by atoms with Gasteiger partial charge in [0.15, 0.2) is 12.6 Å². The zero-order valence-corrected chi connectivity index (χ0v) is 15.5. The van der Waals surface area contributed by atoms with E-state index in [0.29, 0.717) is 35.8 Å². The molecule has 0 radical (unpaired) electrons. The Balaban J connectivity index is 2.78. The Morgan fingerprint density at radius 3 is 1.50 bits per heavy atom. The molecule has 0 N–H and O–H groups in total. The van der Waals surface area contributed by atoms with Crippen LogP contribution in [0.3, 0.4) is 0 Å². The van der Waals surface area contributed by atoms with E-state index in [1.54, 1.807) is 12.1 Å². The summed E-state index contributed by atoms with van der Waals surface area (Å²) in [5.41, 5.74) is 0.805. The van der Waals surface area contributed by atoms with Crippen molar-refractivity contribution in [1.82, 2.24) is 0 Å². The van der Waals surface area contributed by atoms with Crippen molar-refractivity contribution >= 4 is 44.4 Å². The number of halogens is 2. The lowest BCUT2D eigenvalue weighted by molar-refractivity contribution is 0.110. The van der Waals surface area contributed by atoms with Crippen molar-refractivity contribution in [2.75, 3.05) is 23.9 Å². The van der Waals surface area contributed by atoms with E-state index in [9.17, 15) is 9.59 Å². The average Bonchev–Trinajstić information content (AvgIpc) is 2.55. The van der Waals surface area contributed by atoms with Gasteiger partial charge in [-0.15, -0.1) is 0 Å². The van der Waals surface area contributed by atoms with Gasteiger partial charge in [-0.2, -0.15) is 0 Å². The number of ether oxygens (including phenoxy) is 2. The van der Waals surface area contributed by atoms with Crippen LogP contribution in [0.5, 0.6) is 11.5 Å². The molecule has 0 unspecified atom stereocenters. The van der Waals surface area contributed by atoms with Crippen LogP contribution < -0.4 is 9.47 Å². The first-order valence-electron chi connectivity index (χ1n) is 7.22. The van der Waals surface area contributed by atoms with Gasteiger partial charge in [0.1, 0.15) is 11.5 Å². The van der Waals surface area contributed by atoms with Crippen molar-refractivity contribution in [2.45, 2.75) is 25.7 Å². The minimum absolute atomic E-state index is 0.403. The Morgan fingerprint density at radius 1 is 0.773 bits per heavy atom.